The summed E-state index contributed by atoms with van der Waals surface area (Å²) >= 11 is 0. The van der Waals surface area contributed by atoms with E-state index >= 15 is 0 Å². The minimum absolute atomic E-state index is 0.200. The van der Waals surface area contributed by atoms with Crippen LogP contribution in [-0.2, 0) is 16.8 Å². The van der Waals surface area contributed by atoms with Crippen LogP contribution in [0.5, 0.6) is 0 Å². The van der Waals surface area contributed by atoms with Crippen molar-refractivity contribution >= 4 is 5.91 Å². The molecule has 5 heteroatoms. The first-order chi connectivity index (χ1) is 11.8. The fourth-order valence-corrected chi connectivity index (χ4v) is 3.51. The van der Waals surface area contributed by atoms with Crippen LogP contribution in [0.2, 0.25) is 0 Å². The third-order valence-corrected chi connectivity index (χ3v) is 4.95. The van der Waals surface area contributed by atoms with Gasteiger partial charge in [-0.25, -0.2) is 0 Å². The predicted octanol–water partition coefficient (Wildman–Crippen LogP) is 2.05. The number of benzene rings is 1. The average molecular weight is 326 g/mol. The molecule has 1 aliphatic heterocycles. The third-order valence-electron chi connectivity index (χ3n) is 4.95. The summed E-state index contributed by atoms with van der Waals surface area (Å²) in [7, 11) is 0. The Bertz CT molecular complexity index is 633. The average Bonchev–Trinajstić information content (AvgIpc) is 3.19. The molecule has 1 amide bonds. The molecule has 1 aromatic carbocycles. The number of amides is 1. The van der Waals surface area contributed by atoms with E-state index in [1.54, 1.807) is 6.20 Å². The first kappa shape index (κ1) is 16.7. The van der Waals surface area contributed by atoms with Crippen LogP contribution in [0.3, 0.4) is 0 Å². The zero-order valence-corrected chi connectivity index (χ0v) is 14.3. The van der Waals surface area contributed by atoms with Crippen molar-refractivity contribution in [2.45, 2.75) is 31.7 Å². The van der Waals surface area contributed by atoms with Crippen molar-refractivity contribution in [3.8, 4) is 0 Å². The maximum atomic E-state index is 13.4. The van der Waals surface area contributed by atoms with Gasteiger partial charge in [0.1, 0.15) is 5.54 Å². The van der Waals surface area contributed by atoms with Crippen molar-refractivity contribution < 1.29 is 4.79 Å². The number of nitrogens with zero attached hydrogens (tertiary/aromatic N) is 3. The zero-order chi connectivity index (χ0) is 16.8. The molecule has 0 spiro atoms. The third kappa shape index (κ3) is 3.36. The summed E-state index contributed by atoms with van der Waals surface area (Å²) in [5.41, 5.74) is 0.726. The molecule has 0 atom stereocenters. The summed E-state index contributed by atoms with van der Waals surface area (Å²) in [5, 5.41) is 7.77. The topological polar surface area (TPSA) is 50.2 Å². The van der Waals surface area contributed by atoms with Crippen LogP contribution < -0.4 is 5.32 Å². The highest BCUT2D eigenvalue weighted by Gasteiger charge is 2.43. The Morgan fingerprint density at radius 2 is 2.00 bits per heavy atom. The molecule has 1 fully saturated rings. The van der Waals surface area contributed by atoms with E-state index in [2.05, 4.69) is 29.5 Å². The van der Waals surface area contributed by atoms with Gasteiger partial charge in [0, 0.05) is 25.5 Å². The summed E-state index contributed by atoms with van der Waals surface area (Å²) in [5.74, 6) is 0.200. The molecule has 0 saturated carbocycles. The number of hydrogen-bond donors (Lipinski definition) is 1. The van der Waals surface area contributed by atoms with Crippen LogP contribution >= 0.6 is 0 Å². The van der Waals surface area contributed by atoms with Crippen molar-refractivity contribution in [2.75, 3.05) is 26.2 Å². The maximum absolute atomic E-state index is 13.4. The fourth-order valence-electron chi connectivity index (χ4n) is 3.51. The Morgan fingerprint density at radius 3 is 2.62 bits per heavy atom. The highest BCUT2D eigenvalue weighted by Crippen LogP contribution is 2.29. The largest absolute Gasteiger partial charge is 0.341 e. The number of nitrogens with one attached hydrogen (secondary N) is 1. The van der Waals surface area contributed by atoms with Gasteiger partial charge in [-0.2, -0.15) is 5.10 Å². The number of piperidine rings is 1. The van der Waals surface area contributed by atoms with Gasteiger partial charge < -0.3 is 10.2 Å². The van der Waals surface area contributed by atoms with Crippen LogP contribution in [0.25, 0.3) is 0 Å². The zero-order valence-electron chi connectivity index (χ0n) is 14.3. The molecule has 0 unspecified atom stereocenters. The Morgan fingerprint density at radius 1 is 1.25 bits per heavy atom. The van der Waals surface area contributed by atoms with Gasteiger partial charge in [0.25, 0.3) is 5.91 Å². The number of carbonyl (C=O) groups is 1. The summed E-state index contributed by atoms with van der Waals surface area (Å²) in [6, 6.07) is 12.3. The number of carbonyl (C=O) groups excluding carboxylic acids is 1. The first-order valence-corrected chi connectivity index (χ1v) is 8.80. The lowest BCUT2D eigenvalue weighted by atomic mass is 9.86. The number of aromatic nitrogens is 2. The molecule has 0 aliphatic carbocycles. The smallest absolute Gasteiger partial charge is 0.250 e. The summed E-state index contributed by atoms with van der Waals surface area (Å²) in [6.45, 7) is 5.22. The Hall–Kier alpha value is -2.14. The van der Waals surface area contributed by atoms with Gasteiger partial charge in [-0.1, -0.05) is 30.3 Å². The van der Waals surface area contributed by atoms with E-state index in [0.29, 0.717) is 0 Å². The number of rotatable bonds is 6. The molecule has 0 bridgehead atoms. The van der Waals surface area contributed by atoms with Crippen LogP contribution in [0, 0.1) is 0 Å². The van der Waals surface area contributed by atoms with Crippen LogP contribution in [0.4, 0.5) is 0 Å². The normalized spacial score (nSPS) is 16.7. The Kier molecular flexibility index (Phi) is 5.30. The van der Waals surface area contributed by atoms with Gasteiger partial charge in [0.2, 0.25) is 0 Å². The van der Waals surface area contributed by atoms with Crippen molar-refractivity contribution in [1.29, 1.82) is 0 Å². The second kappa shape index (κ2) is 7.62. The lowest BCUT2D eigenvalue weighted by Crippen LogP contribution is -2.56. The molecule has 128 valence electrons. The second-order valence-electron chi connectivity index (χ2n) is 6.35. The lowest BCUT2D eigenvalue weighted by molar-refractivity contribution is -0.143. The molecule has 1 N–H and O–H groups in total. The van der Waals surface area contributed by atoms with E-state index in [1.165, 1.54) is 5.56 Å². The van der Waals surface area contributed by atoms with Gasteiger partial charge in [-0.05, 0) is 50.9 Å². The van der Waals surface area contributed by atoms with Crippen molar-refractivity contribution in [3.05, 3.63) is 54.4 Å². The molecule has 2 aromatic rings. The second-order valence-corrected chi connectivity index (χ2v) is 6.35. The highest BCUT2D eigenvalue weighted by atomic mass is 16.2. The van der Waals surface area contributed by atoms with E-state index in [-0.39, 0.29) is 5.91 Å². The summed E-state index contributed by atoms with van der Waals surface area (Å²) in [4.78, 5) is 15.4. The molecule has 2 heterocycles. The van der Waals surface area contributed by atoms with Gasteiger partial charge in [-0.15, -0.1) is 0 Å². The van der Waals surface area contributed by atoms with E-state index in [1.807, 2.05) is 40.0 Å². The molecular weight excluding hydrogens is 300 g/mol. The van der Waals surface area contributed by atoms with Crippen molar-refractivity contribution in [3.63, 3.8) is 0 Å². The molecule has 24 heavy (non-hydrogen) atoms. The highest BCUT2D eigenvalue weighted by molar-refractivity contribution is 5.84. The standard InChI is InChI=1S/C19H26N4O/c1-2-22(16-9-17-7-4-3-5-8-17)18(24)19(10-13-20-14-11-19)23-15-6-12-21-23/h3-8,12,15,20H,2,9-11,13-14,16H2,1H3. The first-order valence-electron chi connectivity index (χ1n) is 8.80. The maximum Gasteiger partial charge on any atom is 0.250 e. The van der Waals surface area contributed by atoms with Crippen molar-refractivity contribution in [1.82, 2.24) is 20.0 Å². The Balaban J connectivity index is 1.77. The lowest BCUT2D eigenvalue weighted by Gasteiger charge is -2.40. The van der Waals surface area contributed by atoms with E-state index in [9.17, 15) is 4.79 Å². The molecular formula is C19H26N4O. The minimum Gasteiger partial charge on any atom is -0.341 e. The number of hydrogen-bond acceptors (Lipinski definition) is 3. The monoisotopic (exact) mass is 326 g/mol. The van der Waals surface area contributed by atoms with Crippen LogP contribution in [0.15, 0.2) is 48.8 Å². The van der Waals surface area contributed by atoms with Crippen LogP contribution in [0.1, 0.15) is 25.3 Å². The molecule has 1 saturated heterocycles. The summed E-state index contributed by atoms with van der Waals surface area (Å²) < 4.78 is 1.88. The molecule has 3 rings (SSSR count). The fraction of sp³-hybridized carbons (Fsp3) is 0.474. The minimum atomic E-state index is -0.540. The van der Waals surface area contributed by atoms with Gasteiger partial charge in [-0.3, -0.25) is 9.48 Å². The van der Waals surface area contributed by atoms with Gasteiger partial charge >= 0.3 is 0 Å². The van der Waals surface area contributed by atoms with Crippen molar-refractivity contribution in [2.24, 2.45) is 0 Å². The molecule has 1 aliphatic rings. The van der Waals surface area contributed by atoms with E-state index in [4.69, 9.17) is 0 Å². The molecule has 1 aromatic heterocycles. The van der Waals surface area contributed by atoms with Gasteiger partial charge in [0.15, 0.2) is 0 Å². The number of likely N-dealkylation sites (N-methyl/N-ethyl adjacent to an activating group) is 1. The quantitative estimate of drug-likeness (QED) is 0.884. The van der Waals surface area contributed by atoms with E-state index < -0.39 is 5.54 Å². The SMILES string of the molecule is CCN(CCc1ccccc1)C(=O)C1(n2cccn2)CCNCC1. The van der Waals surface area contributed by atoms with Crippen LogP contribution in [-0.4, -0.2) is 46.8 Å². The van der Waals surface area contributed by atoms with Gasteiger partial charge in [0.05, 0.1) is 0 Å². The molecule has 5 nitrogen and oxygen atoms in total. The Labute approximate surface area is 143 Å². The summed E-state index contributed by atoms with van der Waals surface area (Å²) in [6.07, 6.45) is 6.14. The molecule has 0 radical (unpaired) electrons. The predicted molar refractivity (Wildman–Crippen MR) is 94.7 cm³/mol. The van der Waals surface area contributed by atoms with E-state index in [0.717, 1.165) is 45.4 Å².